The number of benzene rings is 3. The zero-order chi connectivity index (χ0) is 23.3. The first-order valence-electron chi connectivity index (χ1n) is 9.70. The summed E-state index contributed by atoms with van der Waals surface area (Å²) in [6.07, 6.45) is 0. The monoisotopic (exact) mass is 554 g/mol. The van der Waals surface area contributed by atoms with Gasteiger partial charge in [0, 0.05) is 21.1 Å². The van der Waals surface area contributed by atoms with Gasteiger partial charge < -0.3 is 5.32 Å². The van der Waals surface area contributed by atoms with Crippen molar-refractivity contribution in [1.82, 2.24) is 9.62 Å². The first-order chi connectivity index (χ1) is 15.1. The summed E-state index contributed by atoms with van der Waals surface area (Å²) in [6.45, 7) is 1.49. The van der Waals surface area contributed by atoms with E-state index in [1.54, 1.807) is 24.3 Å². The fourth-order valence-corrected chi connectivity index (χ4v) is 5.09. The van der Waals surface area contributed by atoms with Gasteiger partial charge in [-0.25, -0.2) is 8.42 Å². The minimum atomic E-state index is -3.97. The minimum absolute atomic E-state index is 0.00833. The summed E-state index contributed by atoms with van der Waals surface area (Å²) in [4.78, 5) is 12.9. The third kappa shape index (κ3) is 6.56. The van der Waals surface area contributed by atoms with Gasteiger partial charge in [-0.1, -0.05) is 63.4 Å². The molecule has 0 aliphatic carbocycles. The third-order valence-electron chi connectivity index (χ3n) is 4.77. The number of hydrogen-bond donors (Lipinski definition) is 1. The highest BCUT2D eigenvalue weighted by molar-refractivity contribution is 9.10. The number of carbonyl (C=O) groups is 1. The Morgan fingerprint density at radius 1 is 1.00 bits per heavy atom. The van der Waals surface area contributed by atoms with E-state index in [4.69, 9.17) is 23.2 Å². The molecule has 0 spiro atoms. The highest BCUT2D eigenvalue weighted by Gasteiger charge is 2.27. The molecule has 32 heavy (non-hydrogen) atoms. The Hall–Kier alpha value is -1.90. The SMILES string of the molecule is C[C@@H](NC(=O)CN(Cc1cccc(Cl)c1)S(=O)(=O)c1ccc(Cl)cc1)c1ccc(Br)cc1. The van der Waals surface area contributed by atoms with E-state index in [2.05, 4.69) is 21.2 Å². The van der Waals surface area contributed by atoms with Crippen LogP contribution in [0, 0.1) is 0 Å². The number of rotatable bonds is 8. The molecule has 0 radical (unpaired) electrons. The van der Waals surface area contributed by atoms with E-state index in [0.29, 0.717) is 15.6 Å². The quantitative estimate of drug-likeness (QED) is 0.380. The molecule has 0 aromatic heterocycles. The molecule has 0 fully saturated rings. The van der Waals surface area contributed by atoms with Crippen LogP contribution < -0.4 is 5.32 Å². The van der Waals surface area contributed by atoms with Crippen molar-refractivity contribution in [3.05, 3.63) is 98.4 Å². The Bertz CT molecular complexity index is 1190. The normalized spacial score (nSPS) is 12.5. The van der Waals surface area contributed by atoms with Crippen LogP contribution in [0.4, 0.5) is 0 Å². The average Bonchev–Trinajstić information content (AvgIpc) is 2.74. The van der Waals surface area contributed by atoms with Crippen LogP contribution in [0.15, 0.2) is 82.2 Å². The molecule has 0 saturated heterocycles. The molecule has 3 aromatic rings. The Balaban J connectivity index is 1.83. The van der Waals surface area contributed by atoms with Gasteiger partial charge in [0.2, 0.25) is 15.9 Å². The summed E-state index contributed by atoms with van der Waals surface area (Å²) < 4.78 is 28.7. The number of sulfonamides is 1. The number of nitrogens with one attached hydrogen (secondary N) is 1. The van der Waals surface area contributed by atoms with Crippen molar-refractivity contribution in [2.45, 2.75) is 24.4 Å². The summed E-state index contributed by atoms with van der Waals surface area (Å²) in [5.74, 6) is -0.417. The van der Waals surface area contributed by atoms with E-state index in [1.807, 2.05) is 31.2 Å². The highest BCUT2D eigenvalue weighted by Crippen LogP contribution is 2.22. The maximum atomic E-state index is 13.3. The van der Waals surface area contributed by atoms with Crippen LogP contribution in [0.3, 0.4) is 0 Å². The molecule has 3 aromatic carbocycles. The number of halogens is 3. The molecule has 5 nitrogen and oxygen atoms in total. The predicted octanol–water partition coefficient (Wildman–Crippen LogP) is 5.82. The van der Waals surface area contributed by atoms with Crippen LogP contribution >= 0.6 is 39.1 Å². The molecule has 0 bridgehead atoms. The Kier molecular flexibility index (Phi) is 8.36. The zero-order valence-electron chi connectivity index (χ0n) is 17.1. The van der Waals surface area contributed by atoms with Crippen molar-refractivity contribution >= 4 is 55.1 Å². The predicted molar refractivity (Wildman–Crippen MR) is 131 cm³/mol. The van der Waals surface area contributed by atoms with Gasteiger partial charge in [-0.15, -0.1) is 0 Å². The van der Waals surface area contributed by atoms with Crippen molar-refractivity contribution in [2.24, 2.45) is 0 Å². The van der Waals surface area contributed by atoms with Gasteiger partial charge in [0.05, 0.1) is 17.5 Å². The standard InChI is InChI=1S/C23H21BrCl2N2O3S/c1-16(18-5-7-19(24)8-6-18)27-23(29)15-28(14-17-3-2-4-21(26)13-17)32(30,31)22-11-9-20(25)10-12-22/h2-13,16H,14-15H2,1H3,(H,27,29)/t16-/m1/s1. The number of carbonyl (C=O) groups excluding carboxylic acids is 1. The van der Waals surface area contributed by atoms with Crippen molar-refractivity contribution in [2.75, 3.05) is 6.54 Å². The maximum Gasteiger partial charge on any atom is 0.243 e. The van der Waals surface area contributed by atoms with Crippen LogP contribution in [0.5, 0.6) is 0 Å². The summed E-state index contributed by atoms with van der Waals surface area (Å²) in [5.41, 5.74) is 1.58. The molecule has 0 aliphatic rings. The van der Waals surface area contributed by atoms with Gasteiger partial charge in [0.15, 0.2) is 0 Å². The molecule has 9 heteroatoms. The molecule has 1 N–H and O–H groups in total. The van der Waals surface area contributed by atoms with Crippen molar-refractivity contribution < 1.29 is 13.2 Å². The smallest absolute Gasteiger partial charge is 0.243 e. The topological polar surface area (TPSA) is 66.5 Å². The van der Waals surface area contributed by atoms with Crippen molar-refractivity contribution in [3.8, 4) is 0 Å². The largest absolute Gasteiger partial charge is 0.348 e. The van der Waals surface area contributed by atoms with E-state index >= 15 is 0 Å². The lowest BCUT2D eigenvalue weighted by molar-refractivity contribution is -0.122. The molecular weight excluding hydrogens is 535 g/mol. The molecule has 0 unspecified atom stereocenters. The minimum Gasteiger partial charge on any atom is -0.348 e. The van der Waals surface area contributed by atoms with Crippen molar-refractivity contribution in [3.63, 3.8) is 0 Å². The average molecular weight is 556 g/mol. The second-order valence-corrected chi connectivity index (χ2v) is 10.9. The Morgan fingerprint density at radius 3 is 2.28 bits per heavy atom. The molecule has 168 valence electrons. The van der Waals surface area contributed by atoms with Crippen LogP contribution in [0.2, 0.25) is 10.0 Å². The molecule has 3 rings (SSSR count). The second kappa shape index (κ2) is 10.8. The number of hydrogen-bond acceptors (Lipinski definition) is 3. The summed E-state index contributed by atoms with van der Waals surface area (Å²) in [7, 11) is -3.97. The lowest BCUT2D eigenvalue weighted by atomic mass is 10.1. The van der Waals surface area contributed by atoms with Gasteiger partial charge in [0.1, 0.15) is 0 Å². The fraction of sp³-hybridized carbons (Fsp3) is 0.174. The van der Waals surface area contributed by atoms with Gasteiger partial charge in [-0.05, 0) is 66.6 Å². The van der Waals surface area contributed by atoms with Gasteiger partial charge >= 0.3 is 0 Å². The molecule has 1 amide bonds. The van der Waals surface area contributed by atoms with Gasteiger partial charge in [-0.3, -0.25) is 4.79 Å². The number of amides is 1. The molecular formula is C23H21BrCl2N2O3S. The van der Waals surface area contributed by atoms with E-state index < -0.39 is 15.9 Å². The van der Waals surface area contributed by atoms with Gasteiger partial charge in [0.25, 0.3) is 0 Å². The first-order valence-corrected chi connectivity index (χ1v) is 12.7. The summed E-state index contributed by atoms with van der Waals surface area (Å²) in [5, 5.41) is 3.78. The summed E-state index contributed by atoms with van der Waals surface area (Å²) >= 11 is 15.4. The number of nitrogens with zero attached hydrogens (tertiary/aromatic N) is 1. The molecule has 0 heterocycles. The van der Waals surface area contributed by atoms with Crippen LogP contribution in [-0.4, -0.2) is 25.2 Å². The highest BCUT2D eigenvalue weighted by atomic mass is 79.9. The fourth-order valence-electron chi connectivity index (χ4n) is 3.10. The second-order valence-electron chi connectivity index (χ2n) is 7.20. The molecule has 0 aliphatic heterocycles. The van der Waals surface area contributed by atoms with E-state index in [9.17, 15) is 13.2 Å². The molecule has 1 atom stereocenters. The first kappa shape index (κ1) is 24.7. The van der Waals surface area contributed by atoms with Crippen LogP contribution in [-0.2, 0) is 21.4 Å². The lowest BCUT2D eigenvalue weighted by Crippen LogP contribution is -2.41. The van der Waals surface area contributed by atoms with E-state index in [0.717, 1.165) is 14.3 Å². The Labute approximate surface area is 206 Å². The maximum absolute atomic E-state index is 13.3. The Morgan fingerprint density at radius 2 is 1.66 bits per heavy atom. The third-order valence-corrected chi connectivity index (χ3v) is 7.59. The van der Waals surface area contributed by atoms with Gasteiger partial charge in [-0.2, -0.15) is 4.31 Å². The van der Waals surface area contributed by atoms with Crippen LogP contribution in [0.25, 0.3) is 0 Å². The van der Waals surface area contributed by atoms with E-state index in [-0.39, 0.29) is 24.0 Å². The molecule has 0 saturated carbocycles. The lowest BCUT2D eigenvalue weighted by Gasteiger charge is -2.23. The summed E-state index contributed by atoms with van der Waals surface area (Å²) in [6, 6.07) is 20.0. The van der Waals surface area contributed by atoms with Crippen molar-refractivity contribution in [1.29, 1.82) is 0 Å². The zero-order valence-corrected chi connectivity index (χ0v) is 21.0. The van der Waals surface area contributed by atoms with Crippen LogP contribution in [0.1, 0.15) is 24.1 Å². The van der Waals surface area contributed by atoms with E-state index in [1.165, 1.54) is 24.3 Å².